The second kappa shape index (κ2) is 12.2. The molecule has 0 atom stereocenters. The highest BCUT2D eigenvalue weighted by molar-refractivity contribution is 14.0. The Morgan fingerprint density at radius 1 is 1.17 bits per heavy atom. The van der Waals surface area contributed by atoms with E-state index in [1.54, 1.807) is 7.05 Å². The van der Waals surface area contributed by atoms with Crippen LogP contribution >= 0.6 is 24.0 Å². The Kier molecular flexibility index (Phi) is 11.5. The van der Waals surface area contributed by atoms with E-state index in [4.69, 9.17) is 0 Å². The van der Waals surface area contributed by atoms with Gasteiger partial charge in [-0.25, -0.2) is 0 Å². The second-order valence-electron chi connectivity index (χ2n) is 5.70. The molecule has 0 radical (unpaired) electrons. The molecule has 0 saturated heterocycles. The number of guanidine groups is 1. The summed E-state index contributed by atoms with van der Waals surface area (Å²) >= 11 is 0. The standard InChI is InChI=1S/C17H28N4O.HI/c1-5-6-16(22)21-15-9-7-14(8-10-15)12-20-17(18-4)19-11-13(2)3;/h7-10,13H,5-6,11-12H2,1-4H3,(H,21,22)(H2,18,19,20);1H. The van der Waals surface area contributed by atoms with Crippen molar-refractivity contribution >= 4 is 41.5 Å². The van der Waals surface area contributed by atoms with Crippen molar-refractivity contribution in [2.24, 2.45) is 10.9 Å². The van der Waals surface area contributed by atoms with Crippen LogP contribution in [0.5, 0.6) is 0 Å². The van der Waals surface area contributed by atoms with Crippen molar-refractivity contribution in [3.05, 3.63) is 29.8 Å². The third kappa shape index (κ3) is 9.43. The number of nitrogens with one attached hydrogen (secondary N) is 3. The number of rotatable bonds is 7. The average Bonchev–Trinajstić information content (AvgIpc) is 2.49. The Labute approximate surface area is 156 Å². The summed E-state index contributed by atoms with van der Waals surface area (Å²) in [4.78, 5) is 15.7. The first kappa shape index (κ1) is 21.7. The van der Waals surface area contributed by atoms with Crippen LogP contribution in [0.4, 0.5) is 5.69 Å². The largest absolute Gasteiger partial charge is 0.356 e. The summed E-state index contributed by atoms with van der Waals surface area (Å²) < 4.78 is 0. The number of carbonyl (C=O) groups excluding carboxylic acids is 1. The van der Waals surface area contributed by atoms with Gasteiger partial charge in [0, 0.05) is 32.2 Å². The number of anilines is 1. The van der Waals surface area contributed by atoms with E-state index in [1.165, 1.54) is 0 Å². The molecule has 0 saturated carbocycles. The van der Waals surface area contributed by atoms with E-state index in [2.05, 4.69) is 34.8 Å². The minimum atomic E-state index is 0. The molecular formula is C17H29IN4O. The Morgan fingerprint density at radius 3 is 2.35 bits per heavy atom. The van der Waals surface area contributed by atoms with Crippen LogP contribution in [0.1, 0.15) is 39.2 Å². The van der Waals surface area contributed by atoms with Crippen molar-refractivity contribution in [3.8, 4) is 0 Å². The second-order valence-corrected chi connectivity index (χ2v) is 5.70. The first-order valence-corrected chi connectivity index (χ1v) is 7.88. The minimum absolute atomic E-state index is 0. The monoisotopic (exact) mass is 432 g/mol. The quantitative estimate of drug-likeness (QED) is 0.352. The van der Waals surface area contributed by atoms with Crippen molar-refractivity contribution < 1.29 is 4.79 Å². The molecule has 0 spiro atoms. The number of benzene rings is 1. The Bertz CT molecular complexity index is 486. The van der Waals surface area contributed by atoms with Gasteiger partial charge >= 0.3 is 0 Å². The van der Waals surface area contributed by atoms with Crippen molar-refractivity contribution in [2.75, 3.05) is 18.9 Å². The molecule has 0 heterocycles. The molecule has 130 valence electrons. The zero-order chi connectivity index (χ0) is 16.4. The Balaban J connectivity index is 0.00000484. The molecule has 3 N–H and O–H groups in total. The van der Waals surface area contributed by atoms with E-state index in [0.717, 1.165) is 30.2 Å². The SMILES string of the molecule is CCCC(=O)Nc1ccc(CNC(=NC)NCC(C)C)cc1.I. The summed E-state index contributed by atoms with van der Waals surface area (Å²) in [6, 6.07) is 7.86. The molecule has 0 aliphatic heterocycles. The van der Waals surface area contributed by atoms with Crippen LogP contribution in [-0.4, -0.2) is 25.5 Å². The minimum Gasteiger partial charge on any atom is -0.356 e. The molecule has 0 aromatic heterocycles. The lowest BCUT2D eigenvalue weighted by atomic mass is 10.2. The summed E-state index contributed by atoms with van der Waals surface area (Å²) in [5.41, 5.74) is 1.98. The van der Waals surface area contributed by atoms with Gasteiger partial charge in [-0.05, 0) is 30.0 Å². The van der Waals surface area contributed by atoms with Crippen molar-refractivity contribution in [3.63, 3.8) is 0 Å². The highest BCUT2D eigenvalue weighted by Gasteiger charge is 2.02. The summed E-state index contributed by atoms with van der Waals surface area (Å²) in [6.07, 6.45) is 1.41. The van der Waals surface area contributed by atoms with Crippen molar-refractivity contribution in [1.29, 1.82) is 0 Å². The van der Waals surface area contributed by atoms with E-state index in [1.807, 2.05) is 31.2 Å². The summed E-state index contributed by atoms with van der Waals surface area (Å²) in [6.45, 7) is 7.90. The molecule has 6 heteroatoms. The lowest BCUT2D eigenvalue weighted by Gasteiger charge is -2.13. The van der Waals surface area contributed by atoms with Gasteiger partial charge in [-0.15, -0.1) is 24.0 Å². The zero-order valence-electron chi connectivity index (χ0n) is 14.5. The molecule has 0 unspecified atom stereocenters. The van der Waals surface area contributed by atoms with Crippen LogP contribution in [0.15, 0.2) is 29.3 Å². The number of hydrogen-bond donors (Lipinski definition) is 3. The Hall–Kier alpha value is -1.31. The first-order chi connectivity index (χ1) is 10.5. The molecule has 1 rings (SSSR count). The van der Waals surface area contributed by atoms with Crippen LogP contribution < -0.4 is 16.0 Å². The van der Waals surface area contributed by atoms with Gasteiger partial charge in [0.15, 0.2) is 5.96 Å². The molecule has 0 aliphatic carbocycles. The smallest absolute Gasteiger partial charge is 0.224 e. The van der Waals surface area contributed by atoms with Gasteiger partial charge in [-0.1, -0.05) is 32.9 Å². The van der Waals surface area contributed by atoms with Gasteiger partial charge in [0.2, 0.25) is 5.91 Å². The number of carbonyl (C=O) groups is 1. The third-order valence-corrected chi connectivity index (χ3v) is 3.08. The van der Waals surface area contributed by atoms with Crippen LogP contribution in [0.3, 0.4) is 0 Å². The van der Waals surface area contributed by atoms with E-state index >= 15 is 0 Å². The average molecular weight is 432 g/mol. The fourth-order valence-electron chi connectivity index (χ4n) is 1.86. The Morgan fingerprint density at radius 2 is 1.83 bits per heavy atom. The van der Waals surface area contributed by atoms with E-state index in [0.29, 0.717) is 18.9 Å². The number of aliphatic imine (C=N–C) groups is 1. The van der Waals surface area contributed by atoms with Gasteiger partial charge in [0.05, 0.1) is 0 Å². The predicted octanol–water partition coefficient (Wildman–Crippen LogP) is 3.36. The first-order valence-electron chi connectivity index (χ1n) is 7.88. The maximum absolute atomic E-state index is 11.5. The van der Waals surface area contributed by atoms with Crippen molar-refractivity contribution in [2.45, 2.75) is 40.2 Å². The van der Waals surface area contributed by atoms with Gasteiger partial charge in [0.25, 0.3) is 0 Å². The molecule has 23 heavy (non-hydrogen) atoms. The number of amides is 1. The topological polar surface area (TPSA) is 65.5 Å². The summed E-state index contributed by atoms with van der Waals surface area (Å²) in [5, 5.41) is 9.43. The lowest BCUT2D eigenvalue weighted by Crippen LogP contribution is -2.38. The molecule has 0 bridgehead atoms. The highest BCUT2D eigenvalue weighted by atomic mass is 127. The fraction of sp³-hybridized carbons (Fsp3) is 0.529. The number of hydrogen-bond acceptors (Lipinski definition) is 2. The maximum atomic E-state index is 11.5. The van der Waals surface area contributed by atoms with Crippen LogP contribution in [0.2, 0.25) is 0 Å². The van der Waals surface area contributed by atoms with E-state index < -0.39 is 0 Å². The van der Waals surface area contributed by atoms with Gasteiger partial charge < -0.3 is 16.0 Å². The summed E-state index contributed by atoms with van der Waals surface area (Å²) in [5.74, 6) is 1.44. The fourth-order valence-corrected chi connectivity index (χ4v) is 1.86. The molecular weight excluding hydrogens is 403 g/mol. The molecule has 5 nitrogen and oxygen atoms in total. The normalized spacial score (nSPS) is 10.9. The number of halogens is 1. The molecule has 0 aliphatic rings. The van der Waals surface area contributed by atoms with Gasteiger partial charge in [0.1, 0.15) is 0 Å². The molecule has 0 fully saturated rings. The third-order valence-electron chi connectivity index (χ3n) is 3.08. The lowest BCUT2D eigenvalue weighted by molar-refractivity contribution is -0.116. The molecule has 1 amide bonds. The van der Waals surface area contributed by atoms with Gasteiger partial charge in [-0.2, -0.15) is 0 Å². The van der Waals surface area contributed by atoms with E-state index in [-0.39, 0.29) is 29.9 Å². The van der Waals surface area contributed by atoms with E-state index in [9.17, 15) is 4.79 Å². The predicted molar refractivity (Wildman–Crippen MR) is 108 cm³/mol. The summed E-state index contributed by atoms with van der Waals surface area (Å²) in [7, 11) is 1.77. The molecule has 1 aromatic rings. The number of nitrogens with zero attached hydrogens (tertiary/aromatic N) is 1. The van der Waals surface area contributed by atoms with Crippen LogP contribution in [-0.2, 0) is 11.3 Å². The van der Waals surface area contributed by atoms with Crippen molar-refractivity contribution in [1.82, 2.24) is 10.6 Å². The molecule has 1 aromatic carbocycles. The van der Waals surface area contributed by atoms with Crippen LogP contribution in [0.25, 0.3) is 0 Å². The van der Waals surface area contributed by atoms with Gasteiger partial charge in [-0.3, -0.25) is 9.79 Å². The maximum Gasteiger partial charge on any atom is 0.224 e. The van der Waals surface area contributed by atoms with Crippen LogP contribution in [0, 0.1) is 5.92 Å². The highest BCUT2D eigenvalue weighted by Crippen LogP contribution is 2.10. The zero-order valence-corrected chi connectivity index (χ0v) is 16.8.